The van der Waals surface area contributed by atoms with Gasteiger partial charge < -0.3 is 4.74 Å². The molecule has 2 nitrogen and oxygen atoms in total. The van der Waals surface area contributed by atoms with Gasteiger partial charge in [0.2, 0.25) is 0 Å². The molecule has 1 aliphatic rings. The van der Waals surface area contributed by atoms with Crippen LogP contribution >= 0.6 is 0 Å². The Morgan fingerprint density at radius 1 is 1.80 bits per heavy atom. The lowest BCUT2D eigenvalue weighted by atomic mass is 10.1. The highest BCUT2D eigenvalue weighted by molar-refractivity contribution is 5.79. The first-order chi connectivity index (χ1) is 4.69. The number of esters is 1. The van der Waals surface area contributed by atoms with Crippen molar-refractivity contribution in [1.82, 2.24) is 0 Å². The van der Waals surface area contributed by atoms with E-state index in [1.807, 2.05) is 6.92 Å². The molecule has 1 saturated carbocycles. The van der Waals surface area contributed by atoms with Crippen molar-refractivity contribution in [1.29, 1.82) is 0 Å². The van der Waals surface area contributed by atoms with Crippen LogP contribution in [0.3, 0.4) is 0 Å². The van der Waals surface area contributed by atoms with Gasteiger partial charge in [0.1, 0.15) is 6.61 Å². The molecule has 0 aromatic heterocycles. The minimum absolute atomic E-state index is 0.0765. The minimum Gasteiger partial charge on any atom is -0.461 e. The lowest BCUT2D eigenvalue weighted by Gasteiger charge is -2.05. The summed E-state index contributed by atoms with van der Waals surface area (Å²) in [5.41, 5.74) is -0.150. The molecular weight excluding hydrogens is 128 g/mol. The molecule has 0 atom stereocenters. The fraction of sp³-hybridized carbons (Fsp3) is 0.625. The van der Waals surface area contributed by atoms with Crippen LogP contribution in [0.4, 0.5) is 0 Å². The Bertz CT molecular complexity index is 157. The molecular formula is C8H12O2. The first kappa shape index (κ1) is 7.32. The molecule has 0 N–H and O–H groups in total. The number of carbonyl (C=O) groups is 1. The second kappa shape index (κ2) is 2.45. The Labute approximate surface area is 60.9 Å². The Balaban J connectivity index is 2.28. The molecule has 1 rings (SSSR count). The van der Waals surface area contributed by atoms with Crippen LogP contribution in [0.25, 0.3) is 0 Å². The van der Waals surface area contributed by atoms with Gasteiger partial charge in [-0.25, -0.2) is 0 Å². The molecule has 0 spiro atoms. The van der Waals surface area contributed by atoms with Gasteiger partial charge in [-0.15, -0.1) is 0 Å². The third-order valence-corrected chi connectivity index (χ3v) is 1.83. The molecule has 0 radical (unpaired) electrons. The molecule has 0 aliphatic heterocycles. The maximum atomic E-state index is 11.0. The van der Waals surface area contributed by atoms with Crippen molar-refractivity contribution >= 4 is 5.97 Å². The highest BCUT2D eigenvalue weighted by Crippen LogP contribution is 2.45. The summed E-state index contributed by atoms with van der Waals surface area (Å²) < 4.78 is 4.86. The summed E-state index contributed by atoms with van der Waals surface area (Å²) in [6.45, 7) is 5.73. The largest absolute Gasteiger partial charge is 0.461 e. The summed E-state index contributed by atoms with van der Waals surface area (Å²) in [4.78, 5) is 11.0. The molecule has 0 aromatic rings. The van der Waals surface area contributed by atoms with E-state index in [0.717, 1.165) is 12.8 Å². The Kier molecular flexibility index (Phi) is 1.79. The summed E-state index contributed by atoms with van der Waals surface area (Å²) >= 11 is 0. The topological polar surface area (TPSA) is 26.3 Å². The van der Waals surface area contributed by atoms with E-state index in [1.54, 1.807) is 6.08 Å². The fourth-order valence-corrected chi connectivity index (χ4v) is 0.700. The standard InChI is InChI=1S/C8H12O2/c1-3-6-10-7(9)8(2)4-5-8/h3H,1,4-6H2,2H3. The average molecular weight is 140 g/mol. The smallest absolute Gasteiger partial charge is 0.312 e. The number of rotatable bonds is 3. The average Bonchev–Trinajstić information content (AvgIpc) is 2.64. The maximum absolute atomic E-state index is 11.0. The Morgan fingerprint density at radius 2 is 2.40 bits per heavy atom. The first-order valence-electron chi connectivity index (χ1n) is 3.47. The third kappa shape index (κ3) is 1.38. The molecule has 0 saturated heterocycles. The van der Waals surface area contributed by atoms with E-state index in [0.29, 0.717) is 6.61 Å². The number of hydrogen-bond donors (Lipinski definition) is 0. The van der Waals surface area contributed by atoms with Crippen molar-refractivity contribution in [3.63, 3.8) is 0 Å². The molecule has 0 heterocycles. The monoisotopic (exact) mass is 140 g/mol. The molecule has 0 aromatic carbocycles. The van der Waals surface area contributed by atoms with Crippen LogP contribution in [0.15, 0.2) is 12.7 Å². The molecule has 56 valence electrons. The predicted octanol–water partition coefficient (Wildman–Crippen LogP) is 1.52. The zero-order valence-electron chi connectivity index (χ0n) is 6.22. The van der Waals surface area contributed by atoms with Gasteiger partial charge in [0.05, 0.1) is 5.41 Å². The zero-order valence-corrected chi connectivity index (χ0v) is 6.22. The lowest BCUT2D eigenvalue weighted by Crippen LogP contribution is -2.15. The van der Waals surface area contributed by atoms with Crippen LogP contribution in [0.2, 0.25) is 0 Å². The Hall–Kier alpha value is -0.790. The molecule has 0 bridgehead atoms. The van der Waals surface area contributed by atoms with E-state index in [-0.39, 0.29) is 11.4 Å². The van der Waals surface area contributed by atoms with Crippen molar-refractivity contribution in [2.75, 3.05) is 6.61 Å². The maximum Gasteiger partial charge on any atom is 0.312 e. The van der Waals surface area contributed by atoms with Crippen molar-refractivity contribution in [2.45, 2.75) is 19.8 Å². The van der Waals surface area contributed by atoms with E-state index in [4.69, 9.17) is 4.74 Å². The highest BCUT2D eigenvalue weighted by atomic mass is 16.5. The summed E-state index contributed by atoms with van der Waals surface area (Å²) in [6, 6.07) is 0. The van der Waals surface area contributed by atoms with Gasteiger partial charge in [-0.3, -0.25) is 4.79 Å². The van der Waals surface area contributed by atoms with Crippen LogP contribution in [0.5, 0.6) is 0 Å². The number of carbonyl (C=O) groups excluding carboxylic acids is 1. The van der Waals surface area contributed by atoms with Gasteiger partial charge in [-0.05, 0) is 19.8 Å². The molecule has 0 amide bonds. The normalized spacial score (nSPS) is 19.7. The molecule has 10 heavy (non-hydrogen) atoms. The summed E-state index contributed by atoms with van der Waals surface area (Å²) in [5, 5.41) is 0. The summed E-state index contributed by atoms with van der Waals surface area (Å²) in [5.74, 6) is -0.0765. The fourth-order valence-electron chi connectivity index (χ4n) is 0.700. The zero-order chi connectivity index (χ0) is 7.61. The van der Waals surface area contributed by atoms with Crippen LogP contribution < -0.4 is 0 Å². The van der Waals surface area contributed by atoms with Crippen molar-refractivity contribution in [3.8, 4) is 0 Å². The molecule has 2 heteroatoms. The van der Waals surface area contributed by atoms with Crippen molar-refractivity contribution < 1.29 is 9.53 Å². The SMILES string of the molecule is C=CCOC(=O)C1(C)CC1. The van der Waals surface area contributed by atoms with Gasteiger partial charge in [0.15, 0.2) is 0 Å². The van der Waals surface area contributed by atoms with Gasteiger partial charge >= 0.3 is 5.97 Å². The van der Waals surface area contributed by atoms with Gasteiger partial charge in [-0.1, -0.05) is 12.7 Å². The van der Waals surface area contributed by atoms with Crippen LogP contribution in [0, 0.1) is 5.41 Å². The van der Waals surface area contributed by atoms with Crippen molar-refractivity contribution in [2.24, 2.45) is 5.41 Å². The van der Waals surface area contributed by atoms with Crippen LogP contribution in [-0.2, 0) is 9.53 Å². The quantitative estimate of drug-likeness (QED) is 0.439. The number of ether oxygens (including phenoxy) is 1. The summed E-state index contributed by atoms with van der Waals surface area (Å²) in [7, 11) is 0. The van der Waals surface area contributed by atoms with E-state index in [9.17, 15) is 4.79 Å². The van der Waals surface area contributed by atoms with Crippen LogP contribution in [0.1, 0.15) is 19.8 Å². The van der Waals surface area contributed by atoms with Gasteiger partial charge in [-0.2, -0.15) is 0 Å². The van der Waals surface area contributed by atoms with Gasteiger partial charge in [0.25, 0.3) is 0 Å². The van der Waals surface area contributed by atoms with E-state index >= 15 is 0 Å². The summed E-state index contributed by atoms with van der Waals surface area (Å²) in [6.07, 6.45) is 3.54. The highest BCUT2D eigenvalue weighted by Gasteiger charge is 2.46. The van der Waals surface area contributed by atoms with E-state index in [2.05, 4.69) is 6.58 Å². The van der Waals surface area contributed by atoms with Crippen LogP contribution in [-0.4, -0.2) is 12.6 Å². The minimum atomic E-state index is -0.150. The van der Waals surface area contributed by atoms with E-state index < -0.39 is 0 Å². The second-order valence-electron chi connectivity index (χ2n) is 2.95. The molecule has 1 fully saturated rings. The Morgan fingerprint density at radius 3 is 2.80 bits per heavy atom. The lowest BCUT2D eigenvalue weighted by molar-refractivity contribution is -0.148. The van der Waals surface area contributed by atoms with Crippen molar-refractivity contribution in [3.05, 3.63) is 12.7 Å². The van der Waals surface area contributed by atoms with E-state index in [1.165, 1.54) is 0 Å². The molecule has 0 unspecified atom stereocenters. The molecule has 1 aliphatic carbocycles. The second-order valence-corrected chi connectivity index (χ2v) is 2.95. The predicted molar refractivity (Wildman–Crippen MR) is 38.5 cm³/mol. The first-order valence-corrected chi connectivity index (χ1v) is 3.47. The third-order valence-electron chi connectivity index (χ3n) is 1.83. The van der Waals surface area contributed by atoms with Gasteiger partial charge in [0, 0.05) is 0 Å². The number of hydrogen-bond acceptors (Lipinski definition) is 2.